The highest BCUT2D eigenvalue weighted by molar-refractivity contribution is 7.99. The number of thioether (sulfide) groups is 1. The van der Waals surface area contributed by atoms with Gasteiger partial charge in [0.2, 0.25) is 0 Å². The number of hydrogen-bond acceptors (Lipinski definition) is 8. The monoisotopic (exact) mass is 415 g/mol. The third-order valence-electron chi connectivity index (χ3n) is 3.87. The van der Waals surface area contributed by atoms with Crippen LogP contribution in [0.3, 0.4) is 0 Å². The Bertz CT molecular complexity index is 1180. The van der Waals surface area contributed by atoms with Gasteiger partial charge in [-0.3, -0.25) is 4.79 Å². The Balaban J connectivity index is 1.55. The van der Waals surface area contributed by atoms with E-state index >= 15 is 0 Å². The van der Waals surface area contributed by atoms with Gasteiger partial charge in [0.05, 0.1) is 17.1 Å². The van der Waals surface area contributed by atoms with E-state index in [0.29, 0.717) is 27.4 Å². The van der Waals surface area contributed by atoms with Gasteiger partial charge in [-0.1, -0.05) is 29.4 Å². The zero-order valence-corrected chi connectivity index (χ0v) is 16.4. The van der Waals surface area contributed by atoms with E-state index in [9.17, 15) is 4.79 Å². The van der Waals surface area contributed by atoms with Gasteiger partial charge in [0, 0.05) is 23.7 Å². The molecule has 0 radical (unpaired) electrons. The van der Waals surface area contributed by atoms with Gasteiger partial charge in [0.15, 0.2) is 16.8 Å². The van der Waals surface area contributed by atoms with Gasteiger partial charge in [0.25, 0.3) is 5.56 Å². The van der Waals surface area contributed by atoms with Gasteiger partial charge in [-0.15, -0.1) is 25.2 Å². The van der Waals surface area contributed by atoms with Crippen molar-refractivity contribution >= 4 is 23.4 Å². The van der Waals surface area contributed by atoms with Crippen LogP contribution in [0.15, 0.2) is 46.5 Å². The molecule has 1 N–H and O–H groups in total. The van der Waals surface area contributed by atoms with E-state index in [1.807, 2.05) is 26.1 Å². The summed E-state index contributed by atoms with van der Waals surface area (Å²) in [5.74, 6) is 1.09. The average Bonchev–Trinajstić information content (AvgIpc) is 3.30. The van der Waals surface area contributed by atoms with Crippen molar-refractivity contribution in [3.05, 3.63) is 57.7 Å². The number of aromatic amines is 1. The summed E-state index contributed by atoms with van der Waals surface area (Å²) in [7, 11) is 1.82. The predicted molar refractivity (Wildman–Crippen MR) is 103 cm³/mol. The number of halogens is 1. The smallest absolute Gasteiger partial charge is 0.264 e. The number of H-pyrrole nitrogens is 1. The minimum atomic E-state index is -0.301. The van der Waals surface area contributed by atoms with E-state index < -0.39 is 0 Å². The van der Waals surface area contributed by atoms with E-state index in [2.05, 4.69) is 35.8 Å². The van der Waals surface area contributed by atoms with Crippen LogP contribution in [0.1, 0.15) is 18.0 Å². The summed E-state index contributed by atoms with van der Waals surface area (Å²) in [6.45, 7) is 1.95. The average molecular weight is 416 g/mol. The van der Waals surface area contributed by atoms with Gasteiger partial charge in [-0.05, 0) is 30.3 Å². The molecule has 12 heteroatoms. The first kappa shape index (κ1) is 18.3. The molecule has 0 spiro atoms. The molecule has 1 atom stereocenters. The maximum absolute atomic E-state index is 11.5. The van der Waals surface area contributed by atoms with Crippen molar-refractivity contribution in [1.29, 1.82) is 0 Å². The van der Waals surface area contributed by atoms with E-state index in [1.165, 1.54) is 28.8 Å². The Hall–Kier alpha value is -3.05. The molecule has 0 fully saturated rings. The fraction of sp³-hybridized carbons (Fsp3) is 0.188. The normalized spacial score (nSPS) is 12.2. The second-order valence-corrected chi connectivity index (χ2v) is 7.62. The molecule has 4 rings (SSSR count). The highest BCUT2D eigenvalue weighted by atomic mass is 35.5. The van der Waals surface area contributed by atoms with E-state index in [0.717, 1.165) is 5.69 Å². The van der Waals surface area contributed by atoms with Crippen LogP contribution in [-0.4, -0.2) is 45.2 Å². The van der Waals surface area contributed by atoms with Gasteiger partial charge in [0.1, 0.15) is 0 Å². The quantitative estimate of drug-likeness (QED) is 0.491. The van der Waals surface area contributed by atoms with Crippen LogP contribution in [0.5, 0.6) is 0 Å². The second kappa shape index (κ2) is 7.52. The third-order valence-corrected chi connectivity index (χ3v) is 5.24. The Morgan fingerprint density at radius 2 is 2.07 bits per heavy atom. The fourth-order valence-corrected chi connectivity index (χ4v) is 3.51. The maximum atomic E-state index is 11.5. The van der Waals surface area contributed by atoms with Gasteiger partial charge >= 0.3 is 0 Å². The fourth-order valence-electron chi connectivity index (χ4n) is 2.48. The first-order valence-corrected chi connectivity index (χ1v) is 9.44. The second-order valence-electron chi connectivity index (χ2n) is 5.88. The van der Waals surface area contributed by atoms with Crippen LogP contribution in [0.4, 0.5) is 0 Å². The summed E-state index contributed by atoms with van der Waals surface area (Å²) < 4.78 is 1.79. The lowest BCUT2D eigenvalue weighted by Gasteiger charge is -2.06. The molecular weight excluding hydrogens is 402 g/mol. The first-order valence-electron chi connectivity index (χ1n) is 8.18. The molecule has 0 unspecified atom stereocenters. The van der Waals surface area contributed by atoms with Gasteiger partial charge < -0.3 is 4.57 Å². The molecule has 0 aliphatic rings. The van der Waals surface area contributed by atoms with Gasteiger partial charge in [-0.2, -0.15) is 5.10 Å². The molecule has 0 saturated carbocycles. The Kier molecular flexibility index (Phi) is 4.92. The zero-order valence-electron chi connectivity index (χ0n) is 14.8. The number of tetrazole rings is 1. The van der Waals surface area contributed by atoms with Crippen LogP contribution >= 0.6 is 23.4 Å². The Morgan fingerprint density at radius 1 is 1.21 bits per heavy atom. The SMILES string of the molecule is C[C@@H](Sc1nnc(-c2cn[nH]c(=O)c2)n1C)c1nnn(-c2cccc(Cl)c2)n1. The van der Waals surface area contributed by atoms with Crippen molar-refractivity contribution in [2.45, 2.75) is 17.3 Å². The molecule has 3 heterocycles. The Labute approximate surface area is 168 Å². The van der Waals surface area contributed by atoms with Crippen molar-refractivity contribution in [3.63, 3.8) is 0 Å². The molecule has 10 nitrogen and oxygen atoms in total. The molecule has 4 aromatic rings. The summed E-state index contributed by atoms with van der Waals surface area (Å²) >= 11 is 7.45. The van der Waals surface area contributed by atoms with E-state index in [4.69, 9.17) is 11.6 Å². The summed E-state index contributed by atoms with van der Waals surface area (Å²) in [4.78, 5) is 12.9. The molecule has 0 aliphatic heterocycles. The van der Waals surface area contributed by atoms with Crippen LogP contribution < -0.4 is 5.56 Å². The van der Waals surface area contributed by atoms with E-state index in [-0.39, 0.29) is 10.8 Å². The summed E-state index contributed by atoms with van der Waals surface area (Å²) in [6.07, 6.45) is 1.53. The van der Waals surface area contributed by atoms with Crippen molar-refractivity contribution in [2.24, 2.45) is 7.05 Å². The first-order chi connectivity index (χ1) is 13.5. The molecule has 3 aromatic heterocycles. The lowest BCUT2D eigenvalue weighted by Crippen LogP contribution is -2.07. The van der Waals surface area contributed by atoms with Crippen LogP contribution in [0.25, 0.3) is 17.1 Å². The van der Waals surface area contributed by atoms with Crippen LogP contribution in [0.2, 0.25) is 5.02 Å². The molecule has 0 aliphatic carbocycles. The van der Waals surface area contributed by atoms with E-state index in [1.54, 1.807) is 16.7 Å². The largest absolute Gasteiger partial charge is 0.305 e. The summed E-state index contributed by atoms with van der Waals surface area (Å²) in [5, 5.41) is 28.3. The summed E-state index contributed by atoms with van der Waals surface area (Å²) in [6, 6.07) is 8.63. The molecule has 142 valence electrons. The van der Waals surface area contributed by atoms with Crippen LogP contribution in [-0.2, 0) is 7.05 Å². The Morgan fingerprint density at radius 3 is 2.86 bits per heavy atom. The lowest BCUT2D eigenvalue weighted by molar-refractivity contribution is 0.717. The molecule has 0 amide bonds. The molecular formula is C16H14ClN9OS. The van der Waals surface area contributed by atoms with Crippen molar-refractivity contribution in [1.82, 2.24) is 45.2 Å². The highest BCUT2D eigenvalue weighted by Gasteiger charge is 2.19. The number of nitrogens with one attached hydrogen (secondary N) is 1. The highest BCUT2D eigenvalue weighted by Crippen LogP contribution is 2.32. The number of hydrogen-bond donors (Lipinski definition) is 1. The minimum absolute atomic E-state index is 0.124. The molecule has 1 aromatic carbocycles. The molecule has 0 bridgehead atoms. The number of benzene rings is 1. The predicted octanol–water partition coefficient (Wildman–Crippen LogP) is 2.05. The maximum Gasteiger partial charge on any atom is 0.264 e. The zero-order chi connectivity index (χ0) is 19.7. The summed E-state index contributed by atoms with van der Waals surface area (Å²) in [5.41, 5.74) is 1.01. The number of rotatable bonds is 5. The topological polar surface area (TPSA) is 120 Å². The molecule has 28 heavy (non-hydrogen) atoms. The molecule has 0 saturated heterocycles. The minimum Gasteiger partial charge on any atom is -0.305 e. The van der Waals surface area contributed by atoms with Crippen molar-refractivity contribution in [3.8, 4) is 17.1 Å². The standard InChI is InChI=1S/C16H14ClN9OS/c1-9(14-20-24-26(23-14)12-5-3-4-11(17)7-12)28-16-22-21-15(25(16)2)10-6-13(27)19-18-8-10/h3-9H,1-2H3,(H,19,27)/t9-/m1/s1. The lowest BCUT2D eigenvalue weighted by atomic mass is 10.3. The number of nitrogens with zero attached hydrogens (tertiary/aromatic N) is 8. The van der Waals surface area contributed by atoms with Crippen molar-refractivity contribution < 1.29 is 0 Å². The van der Waals surface area contributed by atoms with Crippen LogP contribution in [0, 0.1) is 0 Å². The number of aromatic nitrogens is 9. The van der Waals surface area contributed by atoms with Gasteiger partial charge in [-0.25, -0.2) is 5.10 Å². The third kappa shape index (κ3) is 3.66. The van der Waals surface area contributed by atoms with Crippen molar-refractivity contribution in [2.75, 3.05) is 0 Å².